The molecule has 0 spiro atoms. The van der Waals surface area contributed by atoms with Crippen LogP contribution in [0.15, 0.2) is 36.4 Å². The highest BCUT2D eigenvalue weighted by molar-refractivity contribution is 5.95. The lowest BCUT2D eigenvalue weighted by atomic mass is 10.2. The maximum Gasteiger partial charge on any atom is 0.293 e. The lowest BCUT2D eigenvalue weighted by Gasteiger charge is -2.10. The molecular weight excluding hydrogens is 328 g/mol. The van der Waals surface area contributed by atoms with E-state index in [1.54, 1.807) is 26.0 Å². The van der Waals surface area contributed by atoms with Crippen molar-refractivity contribution in [1.82, 2.24) is 0 Å². The van der Waals surface area contributed by atoms with Crippen LogP contribution < -0.4 is 10.6 Å². The van der Waals surface area contributed by atoms with Crippen molar-refractivity contribution in [3.8, 4) is 0 Å². The second-order valence-electron chi connectivity index (χ2n) is 5.44. The highest BCUT2D eigenvalue weighted by atomic mass is 16.6. The molecule has 0 heterocycles. The fourth-order valence-corrected chi connectivity index (χ4v) is 2.18. The van der Waals surface area contributed by atoms with Crippen LogP contribution in [0.3, 0.4) is 0 Å². The van der Waals surface area contributed by atoms with Crippen LogP contribution in [-0.2, 0) is 4.79 Å². The lowest BCUT2D eigenvalue weighted by Crippen LogP contribution is -2.22. The number of hydrogen-bond acceptors (Lipinski definition) is 6. The molecule has 0 saturated carbocycles. The van der Waals surface area contributed by atoms with Crippen LogP contribution in [0.1, 0.15) is 11.1 Å². The van der Waals surface area contributed by atoms with Gasteiger partial charge in [0.1, 0.15) is 5.69 Å². The number of aryl methyl sites for hydroxylation is 2. The summed E-state index contributed by atoms with van der Waals surface area (Å²) in [6, 6.07) is 8.76. The molecule has 0 unspecified atom stereocenters. The van der Waals surface area contributed by atoms with Gasteiger partial charge < -0.3 is 10.6 Å². The summed E-state index contributed by atoms with van der Waals surface area (Å²) in [6.07, 6.45) is 0. The smallest absolute Gasteiger partial charge is 0.293 e. The van der Waals surface area contributed by atoms with E-state index in [1.165, 1.54) is 24.3 Å². The number of nitro groups is 2. The molecule has 130 valence electrons. The summed E-state index contributed by atoms with van der Waals surface area (Å²) >= 11 is 0. The average Bonchev–Trinajstić information content (AvgIpc) is 2.55. The number of benzene rings is 2. The summed E-state index contributed by atoms with van der Waals surface area (Å²) in [7, 11) is 0. The Morgan fingerprint density at radius 2 is 1.72 bits per heavy atom. The first-order chi connectivity index (χ1) is 11.8. The third kappa shape index (κ3) is 4.50. The SMILES string of the molecule is Cc1ccc(NC(=O)CNc2cc([N+](=O)[O-])ccc2C)c([N+](=O)[O-])c1. The zero-order chi connectivity index (χ0) is 18.6. The minimum absolute atomic E-state index is 0.0947. The number of nitrogens with zero attached hydrogens (tertiary/aromatic N) is 2. The Kier molecular flexibility index (Phi) is 5.28. The molecule has 1 amide bonds. The number of anilines is 2. The van der Waals surface area contributed by atoms with E-state index in [0.29, 0.717) is 11.3 Å². The maximum absolute atomic E-state index is 12.0. The zero-order valence-corrected chi connectivity index (χ0v) is 13.6. The predicted octanol–water partition coefficient (Wildman–Crippen LogP) is 3.17. The number of amides is 1. The number of nitro benzene ring substituents is 2. The van der Waals surface area contributed by atoms with Crippen LogP contribution in [0.4, 0.5) is 22.7 Å². The second-order valence-corrected chi connectivity index (χ2v) is 5.44. The van der Waals surface area contributed by atoms with Crippen LogP contribution in [0.2, 0.25) is 0 Å². The molecule has 25 heavy (non-hydrogen) atoms. The minimum Gasteiger partial charge on any atom is -0.376 e. The average molecular weight is 344 g/mol. The molecule has 0 fully saturated rings. The third-order valence-electron chi connectivity index (χ3n) is 3.50. The fraction of sp³-hybridized carbons (Fsp3) is 0.188. The molecule has 2 N–H and O–H groups in total. The van der Waals surface area contributed by atoms with Crippen LogP contribution in [0.5, 0.6) is 0 Å². The molecule has 0 aliphatic rings. The van der Waals surface area contributed by atoms with E-state index in [1.807, 2.05) is 0 Å². The molecule has 0 aliphatic heterocycles. The second kappa shape index (κ2) is 7.39. The van der Waals surface area contributed by atoms with Gasteiger partial charge in [0.25, 0.3) is 11.4 Å². The van der Waals surface area contributed by atoms with Crippen molar-refractivity contribution in [2.24, 2.45) is 0 Å². The van der Waals surface area contributed by atoms with E-state index < -0.39 is 15.8 Å². The number of non-ortho nitro benzene ring substituents is 1. The number of rotatable bonds is 6. The van der Waals surface area contributed by atoms with Gasteiger partial charge in [0.2, 0.25) is 5.91 Å². The quantitative estimate of drug-likeness (QED) is 0.612. The topological polar surface area (TPSA) is 127 Å². The molecule has 0 bridgehead atoms. The number of carbonyl (C=O) groups excluding carboxylic acids is 1. The van der Waals surface area contributed by atoms with E-state index in [2.05, 4.69) is 10.6 Å². The Hall–Kier alpha value is -3.49. The van der Waals surface area contributed by atoms with E-state index in [0.717, 1.165) is 5.56 Å². The fourth-order valence-electron chi connectivity index (χ4n) is 2.18. The van der Waals surface area contributed by atoms with Gasteiger partial charge in [-0.15, -0.1) is 0 Å². The van der Waals surface area contributed by atoms with Crippen LogP contribution in [0, 0.1) is 34.1 Å². The van der Waals surface area contributed by atoms with E-state index in [9.17, 15) is 25.0 Å². The van der Waals surface area contributed by atoms with Gasteiger partial charge in [0.05, 0.1) is 16.4 Å². The van der Waals surface area contributed by atoms with Crippen molar-refractivity contribution < 1.29 is 14.6 Å². The van der Waals surface area contributed by atoms with Gasteiger partial charge in [0, 0.05) is 23.9 Å². The predicted molar refractivity (Wildman–Crippen MR) is 92.8 cm³/mol. The Morgan fingerprint density at radius 3 is 2.36 bits per heavy atom. The Balaban J connectivity index is 2.08. The summed E-state index contributed by atoms with van der Waals surface area (Å²) < 4.78 is 0. The van der Waals surface area contributed by atoms with Crippen LogP contribution >= 0.6 is 0 Å². The molecule has 0 aromatic heterocycles. The minimum atomic E-state index is -0.569. The van der Waals surface area contributed by atoms with Crippen molar-refractivity contribution in [3.05, 3.63) is 67.8 Å². The molecule has 2 aromatic rings. The molecule has 0 atom stereocenters. The molecular formula is C16H16N4O5. The monoisotopic (exact) mass is 344 g/mol. The first-order valence-electron chi connectivity index (χ1n) is 7.31. The zero-order valence-electron chi connectivity index (χ0n) is 13.6. The molecule has 2 rings (SSSR count). The number of hydrogen-bond donors (Lipinski definition) is 2. The van der Waals surface area contributed by atoms with E-state index in [-0.39, 0.29) is 23.6 Å². The molecule has 2 aromatic carbocycles. The van der Waals surface area contributed by atoms with Crippen molar-refractivity contribution in [3.63, 3.8) is 0 Å². The van der Waals surface area contributed by atoms with Gasteiger partial charge in [-0.05, 0) is 31.0 Å². The van der Waals surface area contributed by atoms with Crippen LogP contribution in [0.25, 0.3) is 0 Å². The van der Waals surface area contributed by atoms with Crippen LogP contribution in [-0.4, -0.2) is 22.3 Å². The number of nitrogens with one attached hydrogen (secondary N) is 2. The normalized spacial score (nSPS) is 10.2. The lowest BCUT2D eigenvalue weighted by molar-refractivity contribution is -0.384. The molecule has 9 heteroatoms. The highest BCUT2D eigenvalue weighted by Crippen LogP contribution is 2.25. The Bertz CT molecular complexity index is 850. The Labute approximate surface area is 143 Å². The summed E-state index contributed by atoms with van der Waals surface area (Å²) in [4.78, 5) is 32.8. The summed E-state index contributed by atoms with van der Waals surface area (Å²) in [5, 5.41) is 27.1. The van der Waals surface area contributed by atoms with Gasteiger partial charge in [-0.2, -0.15) is 0 Å². The first-order valence-corrected chi connectivity index (χ1v) is 7.31. The number of carbonyl (C=O) groups is 1. The highest BCUT2D eigenvalue weighted by Gasteiger charge is 2.16. The van der Waals surface area contributed by atoms with Gasteiger partial charge >= 0.3 is 0 Å². The van der Waals surface area contributed by atoms with Crippen molar-refractivity contribution in [2.45, 2.75) is 13.8 Å². The summed E-state index contributed by atoms with van der Waals surface area (Å²) in [5.41, 5.74) is 1.69. The maximum atomic E-state index is 12.0. The molecule has 0 aliphatic carbocycles. The molecule has 0 saturated heterocycles. The Morgan fingerprint density at radius 1 is 1.00 bits per heavy atom. The van der Waals surface area contributed by atoms with Gasteiger partial charge in [-0.1, -0.05) is 12.1 Å². The summed E-state index contributed by atoms with van der Waals surface area (Å²) in [6.45, 7) is 3.27. The van der Waals surface area contributed by atoms with Gasteiger partial charge in [-0.25, -0.2) is 0 Å². The van der Waals surface area contributed by atoms with E-state index in [4.69, 9.17) is 0 Å². The largest absolute Gasteiger partial charge is 0.376 e. The first kappa shape index (κ1) is 17.9. The third-order valence-corrected chi connectivity index (χ3v) is 3.50. The molecule has 9 nitrogen and oxygen atoms in total. The standard InChI is InChI=1S/C16H16N4O5/c1-10-3-6-13(15(7-10)20(24)25)18-16(21)9-17-14-8-12(19(22)23)5-4-11(14)2/h3-8,17H,9H2,1-2H3,(H,18,21). The van der Waals surface area contributed by atoms with Crippen molar-refractivity contribution in [2.75, 3.05) is 17.2 Å². The van der Waals surface area contributed by atoms with Crippen molar-refractivity contribution in [1.29, 1.82) is 0 Å². The van der Waals surface area contributed by atoms with Gasteiger partial charge in [-0.3, -0.25) is 25.0 Å². The van der Waals surface area contributed by atoms with Crippen molar-refractivity contribution >= 4 is 28.7 Å². The van der Waals surface area contributed by atoms with Gasteiger partial charge in [0.15, 0.2) is 0 Å². The summed E-state index contributed by atoms with van der Waals surface area (Å²) in [5.74, 6) is -0.502. The molecule has 0 radical (unpaired) electrons. The van der Waals surface area contributed by atoms with E-state index >= 15 is 0 Å².